The third-order valence-electron chi connectivity index (χ3n) is 6.28. The van der Waals surface area contributed by atoms with Crippen LogP contribution >= 0.6 is 0 Å². The third kappa shape index (κ3) is 13.8. The molecule has 0 saturated heterocycles. The van der Waals surface area contributed by atoms with Gasteiger partial charge in [-0.05, 0) is 133 Å². The van der Waals surface area contributed by atoms with Gasteiger partial charge in [0.15, 0.2) is 27.9 Å². The summed E-state index contributed by atoms with van der Waals surface area (Å²) in [4.78, 5) is 27.1. The van der Waals surface area contributed by atoms with Crippen LogP contribution in [0.15, 0.2) is 117 Å². The van der Waals surface area contributed by atoms with Gasteiger partial charge in [-0.1, -0.05) is 17.7 Å². The molecule has 0 fully saturated rings. The van der Waals surface area contributed by atoms with Crippen LogP contribution in [0.2, 0.25) is 0 Å². The molecule has 268 valence electrons. The van der Waals surface area contributed by atoms with Crippen LogP contribution in [-0.4, -0.2) is 56.4 Å². The average molecular weight is 725 g/mol. The van der Waals surface area contributed by atoms with E-state index in [4.69, 9.17) is 23.7 Å². The Labute approximate surface area is 297 Å². The van der Waals surface area contributed by atoms with E-state index in [2.05, 4.69) is 0 Å². The fourth-order valence-electron chi connectivity index (χ4n) is 4.20. The van der Waals surface area contributed by atoms with Gasteiger partial charge in [0.2, 0.25) is 0 Å². The van der Waals surface area contributed by atoms with Crippen LogP contribution in [0.5, 0.6) is 17.2 Å². The van der Waals surface area contributed by atoms with Crippen LogP contribution in [-0.2, 0) is 40.1 Å². The first kappa shape index (κ1) is 39.9. The van der Waals surface area contributed by atoms with E-state index in [0.717, 1.165) is 26.0 Å². The molecule has 0 heterocycles. The number of hydrogen-bond acceptors (Lipinski definition) is 10. The maximum Gasteiger partial charge on any atom is 0.344 e. The van der Waals surface area contributed by atoms with Crippen LogP contribution in [0.3, 0.4) is 0 Å². The Morgan fingerprint density at radius 1 is 0.600 bits per heavy atom. The summed E-state index contributed by atoms with van der Waals surface area (Å²) in [5.74, 6) is 1.10. The summed E-state index contributed by atoms with van der Waals surface area (Å²) >= 11 is 0. The summed E-state index contributed by atoms with van der Waals surface area (Å²) in [6.45, 7) is 12.4. The van der Waals surface area contributed by atoms with E-state index >= 15 is 0 Å². The molecule has 0 radical (unpaired) electrons. The van der Waals surface area contributed by atoms with Crippen molar-refractivity contribution in [2.75, 3.05) is 20.3 Å². The quantitative estimate of drug-likeness (QED) is 0.0892. The summed E-state index contributed by atoms with van der Waals surface area (Å²) in [5, 5.41) is 0. The molecule has 0 aromatic heterocycles. The van der Waals surface area contributed by atoms with E-state index in [-0.39, 0.29) is 18.1 Å². The normalized spacial score (nSPS) is 11.6. The predicted octanol–water partition coefficient (Wildman–Crippen LogP) is 7.13. The summed E-state index contributed by atoms with van der Waals surface area (Å²) in [6.07, 6.45) is 0. The van der Waals surface area contributed by atoms with Gasteiger partial charge < -0.3 is 28.2 Å². The number of ether oxygens (including phenoxy) is 5. The standard InChI is InChI=1S/C31H37O7S.C7H8O3S/c1-30(2,3)37-28(32)20-35-23-10-16-26(17-11-23)39(25-14-8-22(34-7)9-15-25)27-18-12-24(13-19-27)36-21-29(33)38-31(4,5)6;1-6-2-4-7(5-3-6)11(8,9)10/h8-19H,20-21H2,1-7H3;2-5H,1H3,(H,8,9,10)/q+1;/p-1. The first-order valence-electron chi connectivity index (χ1n) is 15.6. The van der Waals surface area contributed by atoms with Crippen molar-refractivity contribution >= 4 is 33.0 Å². The molecule has 4 rings (SSSR count). The Kier molecular flexibility index (Phi) is 13.9. The van der Waals surface area contributed by atoms with E-state index in [0.29, 0.717) is 11.5 Å². The van der Waals surface area contributed by atoms with Crippen molar-refractivity contribution in [1.29, 1.82) is 0 Å². The van der Waals surface area contributed by atoms with Crippen LogP contribution in [0.4, 0.5) is 0 Å². The second-order valence-corrected chi connectivity index (χ2v) is 16.3. The molecular formula is C38H44O10S2. The number of hydrogen-bond donors (Lipinski definition) is 0. The fraction of sp³-hybridized carbons (Fsp3) is 0.316. The second kappa shape index (κ2) is 17.4. The molecule has 0 amide bonds. The van der Waals surface area contributed by atoms with Gasteiger partial charge in [-0.2, -0.15) is 0 Å². The van der Waals surface area contributed by atoms with Crippen LogP contribution in [0.1, 0.15) is 47.1 Å². The highest BCUT2D eigenvalue weighted by Crippen LogP contribution is 2.34. The molecular weight excluding hydrogens is 681 g/mol. The minimum Gasteiger partial charge on any atom is -0.744 e. The lowest BCUT2D eigenvalue weighted by Crippen LogP contribution is -2.27. The Morgan fingerprint density at radius 3 is 1.24 bits per heavy atom. The number of esters is 2. The smallest absolute Gasteiger partial charge is 0.344 e. The number of aryl methyl sites for hydroxylation is 1. The molecule has 0 bridgehead atoms. The highest BCUT2D eigenvalue weighted by atomic mass is 32.2. The van der Waals surface area contributed by atoms with Crippen molar-refractivity contribution in [2.45, 2.75) is 79.3 Å². The Morgan fingerprint density at radius 2 is 0.940 bits per heavy atom. The molecule has 0 aliphatic heterocycles. The lowest BCUT2D eigenvalue weighted by Gasteiger charge is -2.19. The van der Waals surface area contributed by atoms with Crippen molar-refractivity contribution < 1.29 is 46.2 Å². The van der Waals surface area contributed by atoms with E-state index in [9.17, 15) is 22.6 Å². The second-order valence-electron chi connectivity index (χ2n) is 12.9. The van der Waals surface area contributed by atoms with Crippen molar-refractivity contribution in [3.63, 3.8) is 0 Å². The molecule has 12 heteroatoms. The number of carbonyl (C=O) groups excluding carboxylic acids is 2. The van der Waals surface area contributed by atoms with E-state index in [1.54, 1.807) is 19.2 Å². The molecule has 4 aromatic rings. The molecule has 0 spiro atoms. The Balaban J connectivity index is 0.000000521. The largest absolute Gasteiger partial charge is 0.744 e. The van der Waals surface area contributed by atoms with Crippen molar-refractivity contribution in [3.05, 3.63) is 103 Å². The number of methoxy groups -OCH3 is 1. The molecule has 50 heavy (non-hydrogen) atoms. The monoisotopic (exact) mass is 724 g/mol. The van der Waals surface area contributed by atoms with Gasteiger partial charge in [0.1, 0.15) is 38.6 Å². The molecule has 0 aliphatic rings. The number of rotatable bonds is 11. The lowest BCUT2D eigenvalue weighted by molar-refractivity contribution is -0.158. The molecule has 0 N–H and O–H groups in total. The van der Waals surface area contributed by atoms with Gasteiger partial charge in [-0.3, -0.25) is 0 Å². The topological polar surface area (TPSA) is 137 Å². The van der Waals surface area contributed by atoms with Gasteiger partial charge in [-0.25, -0.2) is 18.0 Å². The lowest BCUT2D eigenvalue weighted by atomic mass is 10.2. The number of benzene rings is 4. The molecule has 10 nitrogen and oxygen atoms in total. The summed E-state index contributed by atoms with van der Waals surface area (Å²) in [6, 6.07) is 29.1. The summed E-state index contributed by atoms with van der Waals surface area (Å²) in [5.41, 5.74) is -0.196. The first-order valence-corrected chi connectivity index (χ1v) is 18.3. The van der Waals surface area contributed by atoms with Gasteiger partial charge in [0, 0.05) is 0 Å². The fourth-order valence-corrected chi connectivity index (χ4v) is 6.71. The van der Waals surface area contributed by atoms with Crippen LogP contribution < -0.4 is 14.2 Å². The van der Waals surface area contributed by atoms with Gasteiger partial charge in [0.25, 0.3) is 0 Å². The number of carbonyl (C=O) groups is 2. The average Bonchev–Trinajstić information content (AvgIpc) is 3.03. The van der Waals surface area contributed by atoms with E-state index in [1.165, 1.54) is 12.1 Å². The Hall–Kier alpha value is -4.52. The van der Waals surface area contributed by atoms with Crippen molar-refractivity contribution in [1.82, 2.24) is 0 Å². The summed E-state index contributed by atoms with van der Waals surface area (Å²) < 4.78 is 58.4. The van der Waals surface area contributed by atoms with Gasteiger partial charge in [0.05, 0.1) is 22.9 Å². The van der Waals surface area contributed by atoms with Crippen LogP contribution in [0.25, 0.3) is 0 Å². The van der Waals surface area contributed by atoms with Crippen molar-refractivity contribution in [3.8, 4) is 17.2 Å². The Bertz CT molecular complexity index is 1710. The first-order chi connectivity index (χ1) is 23.3. The van der Waals surface area contributed by atoms with E-state index < -0.39 is 44.2 Å². The molecule has 0 saturated carbocycles. The van der Waals surface area contributed by atoms with E-state index in [1.807, 2.05) is 121 Å². The minimum absolute atomic E-state index is 0.161. The zero-order valence-corrected chi connectivity index (χ0v) is 31.2. The van der Waals surface area contributed by atoms with Crippen LogP contribution in [0, 0.1) is 6.92 Å². The molecule has 4 aromatic carbocycles. The zero-order chi connectivity index (χ0) is 37.1. The highest BCUT2D eigenvalue weighted by molar-refractivity contribution is 7.97. The summed E-state index contributed by atoms with van der Waals surface area (Å²) in [7, 11) is -3.07. The maximum absolute atomic E-state index is 12.0. The minimum atomic E-state index is -4.27. The zero-order valence-electron chi connectivity index (χ0n) is 29.6. The third-order valence-corrected chi connectivity index (χ3v) is 9.36. The predicted molar refractivity (Wildman–Crippen MR) is 190 cm³/mol. The van der Waals surface area contributed by atoms with Gasteiger partial charge in [-0.15, -0.1) is 0 Å². The maximum atomic E-state index is 12.0. The SMILES string of the molecule is COc1ccc([S+](c2ccc(OCC(=O)OC(C)(C)C)cc2)c2ccc(OCC(=O)OC(C)(C)C)cc2)cc1.Cc1ccc(S(=O)(=O)[O-])cc1. The van der Waals surface area contributed by atoms with Gasteiger partial charge >= 0.3 is 11.9 Å². The molecule has 0 unspecified atom stereocenters. The molecule has 0 atom stereocenters. The van der Waals surface area contributed by atoms with Crippen molar-refractivity contribution in [2.24, 2.45) is 0 Å². The highest BCUT2D eigenvalue weighted by Gasteiger charge is 2.29. The molecule has 0 aliphatic carbocycles.